The van der Waals surface area contributed by atoms with Gasteiger partial charge in [0.25, 0.3) is 0 Å². The molecule has 2 N–H and O–H groups in total. The van der Waals surface area contributed by atoms with Gasteiger partial charge in [0.05, 0.1) is 5.60 Å². The third-order valence-corrected chi connectivity index (χ3v) is 2.45. The first-order valence-electron chi connectivity index (χ1n) is 5.11. The van der Waals surface area contributed by atoms with Crippen LogP contribution in [0, 0.1) is 0 Å². The van der Waals surface area contributed by atoms with Crippen molar-refractivity contribution in [2.24, 2.45) is 0 Å². The number of ether oxygens (including phenoxy) is 1. The zero-order valence-corrected chi connectivity index (χ0v) is 9.58. The Balaban J connectivity index is 2.38. The molecule has 0 amide bonds. The summed E-state index contributed by atoms with van der Waals surface area (Å²) in [6, 6.07) is 7.11. The summed E-state index contributed by atoms with van der Waals surface area (Å²) in [6.45, 7) is 4.93. The minimum Gasteiger partial charge on any atom is -0.508 e. The third kappa shape index (κ3) is 4.21. The average Bonchev–Trinajstić information content (AvgIpc) is 2.18. The summed E-state index contributed by atoms with van der Waals surface area (Å²) in [6.07, 6.45) is 0.916. The quantitative estimate of drug-likeness (QED) is 0.783. The highest BCUT2D eigenvalue weighted by atomic mass is 16.5. The van der Waals surface area contributed by atoms with Crippen LogP contribution in [-0.4, -0.2) is 24.4 Å². The second kappa shape index (κ2) is 5.03. The van der Waals surface area contributed by atoms with Crippen LogP contribution in [0.5, 0.6) is 5.75 Å². The van der Waals surface area contributed by atoms with Crippen LogP contribution < -0.4 is 5.32 Å². The number of rotatable bonds is 5. The molecule has 1 aromatic carbocycles. The number of hydrogen-bond acceptors (Lipinski definition) is 3. The summed E-state index contributed by atoms with van der Waals surface area (Å²) in [7, 11) is 1.72. The molecule has 0 heterocycles. The Morgan fingerprint density at radius 2 is 2.13 bits per heavy atom. The maximum atomic E-state index is 9.25. The number of nitrogens with one attached hydrogen (secondary N) is 1. The second-order valence-electron chi connectivity index (χ2n) is 4.19. The van der Waals surface area contributed by atoms with Gasteiger partial charge in [0.15, 0.2) is 0 Å². The highest BCUT2D eigenvalue weighted by molar-refractivity contribution is 5.47. The van der Waals surface area contributed by atoms with Gasteiger partial charge in [-0.05, 0) is 32.4 Å². The number of anilines is 1. The van der Waals surface area contributed by atoms with E-state index in [1.807, 2.05) is 12.1 Å². The fraction of sp³-hybridized carbons (Fsp3) is 0.500. The lowest BCUT2D eigenvalue weighted by molar-refractivity contribution is 0.0185. The highest BCUT2D eigenvalue weighted by Crippen LogP contribution is 2.17. The van der Waals surface area contributed by atoms with Crippen LogP contribution in [0.3, 0.4) is 0 Å². The molecule has 84 valence electrons. The van der Waals surface area contributed by atoms with E-state index in [9.17, 15) is 5.11 Å². The Bertz CT molecular complexity index is 310. The molecule has 0 radical (unpaired) electrons. The van der Waals surface area contributed by atoms with Crippen LogP contribution in [0.2, 0.25) is 0 Å². The zero-order chi connectivity index (χ0) is 11.3. The summed E-state index contributed by atoms with van der Waals surface area (Å²) in [4.78, 5) is 0. The van der Waals surface area contributed by atoms with Gasteiger partial charge in [0, 0.05) is 25.4 Å². The summed E-state index contributed by atoms with van der Waals surface area (Å²) < 4.78 is 5.31. The van der Waals surface area contributed by atoms with Gasteiger partial charge in [-0.1, -0.05) is 6.07 Å². The molecule has 0 saturated heterocycles. The molecule has 0 saturated carbocycles. The van der Waals surface area contributed by atoms with Gasteiger partial charge < -0.3 is 15.2 Å². The Labute approximate surface area is 91.1 Å². The predicted octanol–water partition coefficient (Wildman–Crippen LogP) is 2.62. The van der Waals surface area contributed by atoms with E-state index in [0.717, 1.165) is 18.7 Å². The molecule has 15 heavy (non-hydrogen) atoms. The van der Waals surface area contributed by atoms with Crippen molar-refractivity contribution in [2.75, 3.05) is 19.0 Å². The molecule has 1 aromatic rings. The molecule has 3 heteroatoms. The van der Waals surface area contributed by atoms with Crippen molar-refractivity contribution in [3.05, 3.63) is 24.3 Å². The first-order chi connectivity index (χ1) is 7.03. The van der Waals surface area contributed by atoms with Gasteiger partial charge in [-0.25, -0.2) is 0 Å². The first kappa shape index (κ1) is 11.9. The smallest absolute Gasteiger partial charge is 0.117 e. The van der Waals surface area contributed by atoms with Crippen LogP contribution >= 0.6 is 0 Å². The molecule has 3 nitrogen and oxygen atoms in total. The van der Waals surface area contributed by atoms with Gasteiger partial charge in [-0.15, -0.1) is 0 Å². The van der Waals surface area contributed by atoms with Crippen LogP contribution in [0.15, 0.2) is 24.3 Å². The monoisotopic (exact) mass is 209 g/mol. The van der Waals surface area contributed by atoms with Crippen molar-refractivity contribution < 1.29 is 9.84 Å². The molecule has 0 aliphatic carbocycles. The van der Waals surface area contributed by atoms with Crippen molar-refractivity contribution in [3.8, 4) is 5.75 Å². The van der Waals surface area contributed by atoms with Crippen molar-refractivity contribution >= 4 is 5.69 Å². The van der Waals surface area contributed by atoms with E-state index in [4.69, 9.17) is 4.74 Å². The maximum absolute atomic E-state index is 9.25. The van der Waals surface area contributed by atoms with Gasteiger partial charge in [0.1, 0.15) is 5.75 Å². The van der Waals surface area contributed by atoms with Crippen molar-refractivity contribution in [1.29, 1.82) is 0 Å². The number of phenolic OH excluding ortho intramolecular Hbond substituents is 1. The van der Waals surface area contributed by atoms with Gasteiger partial charge in [-0.3, -0.25) is 0 Å². The molecule has 1 rings (SSSR count). The first-order valence-corrected chi connectivity index (χ1v) is 5.11. The third-order valence-electron chi connectivity index (χ3n) is 2.45. The average molecular weight is 209 g/mol. The lowest BCUT2D eigenvalue weighted by Crippen LogP contribution is -2.25. The van der Waals surface area contributed by atoms with Gasteiger partial charge in [-0.2, -0.15) is 0 Å². The summed E-state index contributed by atoms with van der Waals surface area (Å²) in [5.41, 5.74) is 0.825. The number of benzene rings is 1. The van der Waals surface area contributed by atoms with E-state index in [1.54, 1.807) is 19.2 Å². The summed E-state index contributed by atoms with van der Waals surface area (Å²) >= 11 is 0. The van der Waals surface area contributed by atoms with E-state index in [2.05, 4.69) is 19.2 Å². The Kier molecular flexibility index (Phi) is 3.97. The minimum atomic E-state index is -0.107. The van der Waals surface area contributed by atoms with Crippen molar-refractivity contribution in [3.63, 3.8) is 0 Å². The van der Waals surface area contributed by atoms with Crippen LogP contribution in [0.4, 0.5) is 5.69 Å². The SMILES string of the molecule is COC(C)(C)CCNc1cccc(O)c1. The van der Waals surface area contributed by atoms with Crippen molar-refractivity contribution in [2.45, 2.75) is 25.9 Å². The number of hydrogen-bond donors (Lipinski definition) is 2. The Morgan fingerprint density at radius 3 is 2.73 bits per heavy atom. The molecule has 0 unspecified atom stereocenters. The van der Waals surface area contributed by atoms with E-state index in [1.165, 1.54) is 0 Å². The topological polar surface area (TPSA) is 41.5 Å². The zero-order valence-electron chi connectivity index (χ0n) is 9.58. The van der Waals surface area contributed by atoms with Gasteiger partial charge in [0.2, 0.25) is 0 Å². The number of phenols is 1. The van der Waals surface area contributed by atoms with E-state index in [0.29, 0.717) is 0 Å². The molecule has 0 fully saturated rings. The molecule has 0 bridgehead atoms. The van der Waals surface area contributed by atoms with Crippen LogP contribution in [0.25, 0.3) is 0 Å². The Hall–Kier alpha value is -1.22. The standard InChI is InChI=1S/C12H19NO2/c1-12(2,15-3)7-8-13-10-5-4-6-11(14)9-10/h4-6,9,13-14H,7-8H2,1-3H3. The highest BCUT2D eigenvalue weighted by Gasteiger charge is 2.14. The molecule has 0 spiro atoms. The van der Waals surface area contributed by atoms with E-state index < -0.39 is 0 Å². The largest absolute Gasteiger partial charge is 0.508 e. The normalized spacial score (nSPS) is 11.4. The molecule has 0 aliphatic rings. The molecule has 0 atom stereocenters. The predicted molar refractivity (Wildman–Crippen MR) is 62.3 cm³/mol. The molecular formula is C12H19NO2. The van der Waals surface area contributed by atoms with Crippen molar-refractivity contribution in [1.82, 2.24) is 0 Å². The van der Waals surface area contributed by atoms with E-state index >= 15 is 0 Å². The lowest BCUT2D eigenvalue weighted by Gasteiger charge is -2.23. The van der Waals surface area contributed by atoms with Gasteiger partial charge >= 0.3 is 0 Å². The number of aromatic hydroxyl groups is 1. The fourth-order valence-electron chi connectivity index (χ4n) is 1.23. The molecule has 0 aromatic heterocycles. The lowest BCUT2D eigenvalue weighted by atomic mass is 10.1. The second-order valence-corrected chi connectivity index (χ2v) is 4.19. The minimum absolute atomic E-state index is 0.107. The summed E-state index contributed by atoms with van der Waals surface area (Å²) in [5.74, 6) is 0.283. The summed E-state index contributed by atoms with van der Waals surface area (Å²) in [5, 5.41) is 12.5. The van der Waals surface area contributed by atoms with Crippen LogP contribution in [0.1, 0.15) is 20.3 Å². The fourth-order valence-corrected chi connectivity index (χ4v) is 1.23. The molecular weight excluding hydrogens is 190 g/mol. The maximum Gasteiger partial charge on any atom is 0.117 e. The molecule has 0 aliphatic heterocycles. The van der Waals surface area contributed by atoms with E-state index in [-0.39, 0.29) is 11.4 Å². The Morgan fingerprint density at radius 1 is 1.40 bits per heavy atom. The van der Waals surface area contributed by atoms with Crippen LogP contribution in [-0.2, 0) is 4.74 Å². The number of methoxy groups -OCH3 is 1.